The minimum atomic E-state index is -4.55. The fourth-order valence-electron chi connectivity index (χ4n) is 4.30. The molecule has 0 unspecified atom stereocenters. The molecule has 4 rings (SSSR count). The molecule has 1 aromatic carbocycles. The summed E-state index contributed by atoms with van der Waals surface area (Å²) in [5.41, 5.74) is -1.73. The van der Waals surface area contributed by atoms with E-state index >= 15 is 0 Å². The highest BCUT2D eigenvalue weighted by atomic mass is 19.4. The first-order valence-corrected chi connectivity index (χ1v) is 10.1. The molecule has 2 N–H and O–H groups in total. The predicted molar refractivity (Wildman–Crippen MR) is 107 cm³/mol. The van der Waals surface area contributed by atoms with Crippen LogP contribution in [0.3, 0.4) is 0 Å². The minimum absolute atomic E-state index is 0.0407. The number of nitrogens with one attached hydrogen (secondary N) is 1. The molecule has 0 amide bonds. The number of alkyl halides is 3. The van der Waals surface area contributed by atoms with E-state index in [9.17, 15) is 18.3 Å². The number of hydrogen-bond acceptors (Lipinski definition) is 6. The summed E-state index contributed by atoms with van der Waals surface area (Å²) < 4.78 is 53.8. The van der Waals surface area contributed by atoms with Crippen molar-refractivity contribution in [2.75, 3.05) is 6.61 Å². The summed E-state index contributed by atoms with van der Waals surface area (Å²) in [6.45, 7) is 5.60. The van der Waals surface area contributed by atoms with Gasteiger partial charge in [-0.2, -0.15) is 13.2 Å². The second-order valence-electron chi connectivity index (χ2n) is 8.46. The first-order chi connectivity index (χ1) is 14.6. The maximum Gasteiger partial charge on any atom is 0.418 e. The van der Waals surface area contributed by atoms with E-state index in [0.717, 1.165) is 6.07 Å². The van der Waals surface area contributed by atoms with Crippen LogP contribution in [0, 0.1) is 0 Å². The van der Waals surface area contributed by atoms with Crippen LogP contribution in [0.1, 0.15) is 51.0 Å². The van der Waals surface area contributed by atoms with Gasteiger partial charge in [-0.15, -0.1) is 0 Å². The molecule has 0 aliphatic carbocycles. The van der Waals surface area contributed by atoms with Crippen molar-refractivity contribution in [2.45, 2.75) is 63.5 Å². The number of benzene rings is 1. The van der Waals surface area contributed by atoms with E-state index in [1.807, 2.05) is 6.92 Å². The van der Waals surface area contributed by atoms with Crippen LogP contribution in [0.5, 0.6) is 5.75 Å². The van der Waals surface area contributed by atoms with Crippen molar-refractivity contribution >= 4 is 11.0 Å². The highest BCUT2D eigenvalue weighted by Gasteiger charge is 2.41. The maximum atomic E-state index is 13.8. The molecule has 0 radical (unpaired) electrons. The van der Waals surface area contributed by atoms with Crippen LogP contribution in [0.15, 0.2) is 35.5 Å². The van der Waals surface area contributed by atoms with E-state index in [1.54, 1.807) is 13.8 Å². The molecule has 2 aromatic heterocycles. The Bertz CT molecular complexity index is 1050. The summed E-state index contributed by atoms with van der Waals surface area (Å²) in [5, 5.41) is 14.3. The number of aromatic nitrogens is 3. The van der Waals surface area contributed by atoms with Crippen molar-refractivity contribution in [3.05, 3.63) is 42.4 Å². The lowest BCUT2D eigenvalue weighted by molar-refractivity contribution is -0.136. The summed E-state index contributed by atoms with van der Waals surface area (Å²) in [7, 11) is 0. The molecule has 0 spiro atoms. The Hall–Kier alpha value is -2.59. The number of hydrogen-bond donors (Lipinski definition) is 2. The number of nitrogens with zero attached hydrogens (tertiary/aromatic N) is 3. The molecule has 3 atom stereocenters. The first-order valence-electron chi connectivity index (χ1n) is 10.1. The van der Waals surface area contributed by atoms with Crippen LogP contribution in [0.25, 0.3) is 11.0 Å². The van der Waals surface area contributed by atoms with Crippen molar-refractivity contribution < 1.29 is 27.4 Å². The van der Waals surface area contributed by atoms with Crippen molar-refractivity contribution in [3.63, 3.8) is 0 Å². The molecular formula is C21H25F3N4O3. The van der Waals surface area contributed by atoms with E-state index in [1.165, 1.54) is 29.6 Å². The van der Waals surface area contributed by atoms with Crippen molar-refractivity contribution in [3.8, 4) is 5.75 Å². The van der Waals surface area contributed by atoms with Crippen molar-refractivity contribution in [1.82, 2.24) is 19.9 Å². The number of oxazole rings is 1. The smallest absolute Gasteiger partial charge is 0.418 e. The normalized spacial score (nSPS) is 24.8. The number of aliphatic hydroxyl groups is 1. The summed E-state index contributed by atoms with van der Waals surface area (Å²) >= 11 is 0. The SMILES string of the molecule is CC(C)n1cnc2cc(OC[C@@H]3C[C@](O)(c4cnco4)C[C@H](C)N3)cc(C(F)(F)F)c21. The molecule has 1 aliphatic heterocycles. The van der Waals surface area contributed by atoms with Gasteiger partial charge in [0.1, 0.15) is 18.0 Å². The van der Waals surface area contributed by atoms with E-state index < -0.39 is 17.3 Å². The fourth-order valence-corrected chi connectivity index (χ4v) is 4.30. The summed E-state index contributed by atoms with van der Waals surface area (Å²) in [4.78, 5) is 8.01. The molecule has 1 aliphatic rings. The molecule has 3 heterocycles. The fraction of sp³-hybridized carbons (Fsp3) is 0.524. The average Bonchev–Trinajstić information content (AvgIpc) is 3.34. The molecule has 3 aromatic rings. The zero-order chi connectivity index (χ0) is 22.4. The molecule has 1 fully saturated rings. The van der Waals surface area contributed by atoms with E-state index in [0.29, 0.717) is 12.2 Å². The molecule has 168 valence electrons. The topological polar surface area (TPSA) is 85.3 Å². The highest BCUT2D eigenvalue weighted by molar-refractivity contribution is 5.81. The molecule has 1 saturated heterocycles. The summed E-state index contributed by atoms with van der Waals surface area (Å²) in [6.07, 6.45) is 0.309. The lowest BCUT2D eigenvalue weighted by Crippen LogP contribution is -2.53. The van der Waals surface area contributed by atoms with Gasteiger partial charge >= 0.3 is 6.18 Å². The quantitative estimate of drug-likeness (QED) is 0.626. The van der Waals surface area contributed by atoms with Gasteiger partial charge in [-0.05, 0) is 33.3 Å². The summed E-state index contributed by atoms with van der Waals surface area (Å²) in [6, 6.07) is 2.01. The predicted octanol–water partition coefficient (Wildman–Crippen LogP) is 4.03. The minimum Gasteiger partial charge on any atom is -0.492 e. The lowest BCUT2D eigenvalue weighted by Gasteiger charge is -2.39. The molecule has 7 nitrogen and oxygen atoms in total. The number of imidazole rings is 1. The van der Waals surface area contributed by atoms with Crippen LogP contribution >= 0.6 is 0 Å². The van der Waals surface area contributed by atoms with Gasteiger partial charge in [0.25, 0.3) is 0 Å². The van der Waals surface area contributed by atoms with Gasteiger partial charge in [-0.25, -0.2) is 9.97 Å². The molecule has 10 heteroatoms. The first kappa shape index (κ1) is 21.6. The largest absolute Gasteiger partial charge is 0.492 e. The van der Waals surface area contributed by atoms with Crippen LogP contribution < -0.4 is 10.1 Å². The van der Waals surface area contributed by atoms with Gasteiger partial charge in [-0.3, -0.25) is 0 Å². The Morgan fingerprint density at radius 3 is 2.77 bits per heavy atom. The zero-order valence-electron chi connectivity index (χ0n) is 17.5. The third kappa shape index (κ3) is 4.27. The van der Waals surface area contributed by atoms with Gasteiger partial charge < -0.3 is 24.1 Å². The van der Waals surface area contributed by atoms with E-state index in [4.69, 9.17) is 9.15 Å². The van der Waals surface area contributed by atoms with E-state index in [2.05, 4.69) is 15.3 Å². The van der Waals surface area contributed by atoms with Gasteiger partial charge in [0.05, 0.1) is 29.1 Å². The number of fused-ring (bicyclic) bond motifs is 1. The number of ether oxygens (including phenoxy) is 1. The number of piperidine rings is 1. The van der Waals surface area contributed by atoms with Gasteiger partial charge in [0, 0.05) is 30.6 Å². The second kappa shape index (κ2) is 7.83. The molecule has 31 heavy (non-hydrogen) atoms. The van der Waals surface area contributed by atoms with Crippen molar-refractivity contribution in [1.29, 1.82) is 0 Å². The Morgan fingerprint density at radius 2 is 2.13 bits per heavy atom. The Balaban J connectivity index is 1.58. The standard InChI is InChI=1S/C21H25F3N4O3/c1-12(2)28-10-26-17-5-15(4-16(19(17)28)21(22,23)24)30-9-14-7-20(29,6-13(3)27-14)18-8-25-11-31-18/h4-5,8,10-14,27,29H,6-7,9H2,1-3H3/t13-,14-,20-/m0/s1. The number of halogens is 3. The summed E-state index contributed by atoms with van der Waals surface area (Å²) in [5.74, 6) is 0.447. The van der Waals surface area contributed by atoms with Gasteiger partial charge in [-0.1, -0.05) is 0 Å². The monoisotopic (exact) mass is 438 g/mol. The Kier molecular flexibility index (Phi) is 5.47. The van der Waals surface area contributed by atoms with E-state index in [-0.39, 0.29) is 47.9 Å². The second-order valence-corrected chi connectivity index (χ2v) is 8.46. The maximum absolute atomic E-state index is 13.8. The third-order valence-corrected chi connectivity index (χ3v) is 5.59. The Labute approximate surface area is 177 Å². The van der Waals surface area contributed by atoms with Gasteiger partial charge in [0.15, 0.2) is 12.2 Å². The van der Waals surface area contributed by atoms with Crippen LogP contribution in [0.2, 0.25) is 0 Å². The van der Waals surface area contributed by atoms with Crippen LogP contribution in [0.4, 0.5) is 13.2 Å². The molecule has 0 saturated carbocycles. The van der Waals surface area contributed by atoms with Crippen molar-refractivity contribution in [2.24, 2.45) is 0 Å². The molecule has 0 bridgehead atoms. The zero-order valence-corrected chi connectivity index (χ0v) is 17.5. The number of rotatable bonds is 5. The van der Waals surface area contributed by atoms with Crippen LogP contribution in [-0.4, -0.2) is 38.3 Å². The molecular weight excluding hydrogens is 413 g/mol. The third-order valence-electron chi connectivity index (χ3n) is 5.59. The average molecular weight is 438 g/mol. The van der Waals surface area contributed by atoms with Gasteiger partial charge in [0.2, 0.25) is 0 Å². The van der Waals surface area contributed by atoms with Crippen LogP contribution in [-0.2, 0) is 11.8 Å². The Morgan fingerprint density at radius 1 is 1.35 bits per heavy atom. The highest BCUT2D eigenvalue weighted by Crippen LogP contribution is 2.39. The lowest BCUT2D eigenvalue weighted by atomic mass is 9.82.